The molecule has 0 aromatic carbocycles. The molecule has 3 heterocycles. The molecule has 122 valence electrons. The number of aliphatic imine (C=N–C) groups is 1. The topological polar surface area (TPSA) is 63.5 Å². The summed E-state index contributed by atoms with van der Waals surface area (Å²) in [5.74, 6) is 2.10. The van der Waals surface area contributed by atoms with E-state index in [2.05, 4.69) is 26.4 Å². The maximum absolute atomic E-state index is 5.61. The van der Waals surface area contributed by atoms with Gasteiger partial charge in [0.15, 0.2) is 5.96 Å². The van der Waals surface area contributed by atoms with Crippen LogP contribution in [0, 0.1) is 0 Å². The van der Waals surface area contributed by atoms with Crippen LogP contribution in [0.1, 0.15) is 37.2 Å². The van der Waals surface area contributed by atoms with Crippen LogP contribution >= 0.6 is 0 Å². The zero-order valence-corrected chi connectivity index (χ0v) is 13.5. The number of rotatable bonds is 5. The Hall–Kier alpha value is -1.56. The number of aryl methyl sites for hydroxylation is 2. The molecule has 0 spiro atoms. The SMILES string of the molecule is CN=C(NCCc1cn2c(n1)CCCC2)NCC1CCCO1. The van der Waals surface area contributed by atoms with Gasteiger partial charge in [-0.15, -0.1) is 0 Å². The molecule has 2 aliphatic heterocycles. The fourth-order valence-electron chi connectivity index (χ4n) is 3.14. The van der Waals surface area contributed by atoms with E-state index in [1.807, 2.05) is 0 Å². The Balaban J connectivity index is 1.40. The van der Waals surface area contributed by atoms with Crippen molar-refractivity contribution in [1.82, 2.24) is 20.2 Å². The number of hydrogen-bond donors (Lipinski definition) is 2. The van der Waals surface area contributed by atoms with Gasteiger partial charge in [0.25, 0.3) is 0 Å². The lowest BCUT2D eigenvalue weighted by molar-refractivity contribution is 0.114. The number of imidazole rings is 1. The highest BCUT2D eigenvalue weighted by Crippen LogP contribution is 2.14. The summed E-state index contributed by atoms with van der Waals surface area (Å²) in [5.41, 5.74) is 1.18. The number of guanidine groups is 1. The minimum absolute atomic E-state index is 0.332. The van der Waals surface area contributed by atoms with E-state index in [0.717, 1.165) is 51.5 Å². The molecule has 1 unspecified atom stereocenters. The standard InChI is InChI=1S/C16H27N5O/c1-17-16(19-11-14-5-4-10-22-14)18-8-7-13-12-21-9-3-2-6-15(21)20-13/h12,14H,2-11H2,1H3,(H2,17,18,19). The van der Waals surface area contributed by atoms with Crippen molar-refractivity contribution < 1.29 is 4.74 Å². The monoisotopic (exact) mass is 305 g/mol. The second kappa shape index (κ2) is 7.63. The van der Waals surface area contributed by atoms with E-state index in [4.69, 9.17) is 9.72 Å². The second-order valence-corrected chi connectivity index (χ2v) is 6.06. The van der Waals surface area contributed by atoms with Gasteiger partial charge < -0.3 is 19.9 Å². The first-order valence-electron chi connectivity index (χ1n) is 8.46. The maximum atomic E-state index is 5.61. The van der Waals surface area contributed by atoms with Crippen molar-refractivity contribution in [2.24, 2.45) is 4.99 Å². The Bertz CT molecular complexity index is 481. The Morgan fingerprint density at radius 3 is 3.14 bits per heavy atom. The third kappa shape index (κ3) is 4.00. The quantitative estimate of drug-likeness (QED) is 0.632. The third-order valence-electron chi connectivity index (χ3n) is 4.38. The first kappa shape index (κ1) is 15.3. The van der Waals surface area contributed by atoms with Crippen LogP contribution in [-0.2, 0) is 24.1 Å². The molecule has 1 fully saturated rings. The highest BCUT2D eigenvalue weighted by atomic mass is 16.5. The normalized spacial score (nSPS) is 21.7. The molecule has 1 saturated heterocycles. The van der Waals surface area contributed by atoms with Crippen molar-refractivity contribution in [1.29, 1.82) is 0 Å². The summed E-state index contributed by atoms with van der Waals surface area (Å²) in [6.45, 7) is 3.70. The van der Waals surface area contributed by atoms with Gasteiger partial charge >= 0.3 is 0 Å². The summed E-state index contributed by atoms with van der Waals surface area (Å²) >= 11 is 0. The summed E-state index contributed by atoms with van der Waals surface area (Å²) in [6, 6.07) is 0. The van der Waals surface area contributed by atoms with E-state index >= 15 is 0 Å². The van der Waals surface area contributed by atoms with Crippen LogP contribution in [0.2, 0.25) is 0 Å². The molecule has 6 nitrogen and oxygen atoms in total. The van der Waals surface area contributed by atoms with Crippen molar-refractivity contribution in [2.45, 2.75) is 51.2 Å². The highest BCUT2D eigenvalue weighted by molar-refractivity contribution is 5.79. The molecular weight excluding hydrogens is 278 g/mol. The van der Waals surface area contributed by atoms with Crippen molar-refractivity contribution in [3.63, 3.8) is 0 Å². The summed E-state index contributed by atoms with van der Waals surface area (Å²) in [5, 5.41) is 6.69. The Kier molecular flexibility index (Phi) is 5.32. The molecule has 1 aromatic rings. The minimum Gasteiger partial charge on any atom is -0.376 e. The van der Waals surface area contributed by atoms with Crippen molar-refractivity contribution in [3.8, 4) is 0 Å². The van der Waals surface area contributed by atoms with Gasteiger partial charge in [-0.25, -0.2) is 4.98 Å². The van der Waals surface area contributed by atoms with Gasteiger partial charge in [-0.3, -0.25) is 4.99 Å². The van der Waals surface area contributed by atoms with Gasteiger partial charge in [0.05, 0.1) is 11.8 Å². The van der Waals surface area contributed by atoms with Crippen LogP contribution in [-0.4, -0.2) is 48.4 Å². The lowest BCUT2D eigenvalue weighted by Gasteiger charge is -2.14. The van der Waals surface area contributed by atoms with E-state index in [1.54, 1.807) is 7.05 Å². The lowest BCUT2D eigenvalue weighted by atomic mass is 10.2. The van der Waals surface area contributed by atoms with Crippen LogP contribution in [0.15, 0.2) is 11.2 Å². The number of hydrogen-bond acceptors (Lipinski definition) is 3. The van der Waals surface area contributed by atoms with Gasteiger partial charge in [0.1, 0.15) is 5.82 Å². The Labute approximate surface area is 132 Å². The smallest absolute Gasteiger partial charge is 0.191 e. The number of fused-ring (bicyclic) bond motifs is 1. The lowest BCUT2D eigenvalue weighted by Crippen LogP contribution is -2.41. The molecule has 0 bridgehead atoms. The van der Waals surface area contributed by atoms with Gasteiger partial charge in [0.2, 0.25) is 0 Å². The molecule has 2 aliphatic rings. The molecule has 3 rings (SSSR count). The summed E-state index contributed by atoms with van der Waals surface area (Å²) in [4.78, 5) is 8.98. The van der Waals surface area contributed by atoms with Crippen LogP contribution in [0.25, 0.3) is 0 Å². The van der Waals surface area contributed by atoms with Crippen molar-refractivity contribution >= 4 is 5.96 Å². The van der Waals surface area contributed by atoms with Gasteiger partial charge in [-0.2, -0.15) is 0 Å². The number of aromatic nitrogens is 2. The van der Waals surface area contributed by atoms with Crippen LogP contribution < -0.4 is 10.6 Å². The zero-order chi connectivity index (χ0) is 15.2. The summed E-state index contributed by atoms with van der Waals surface area (Å²) in [6.07, 6.45) is 9.46. The summed E-state index contributed by atoms with van der Waals surface area (Å²) in [7, 11) is 1.81. The number of ether oxygens (including phenoxy) is 1. The molecule has 0 saturated carbocycles. The minimum atomic E-state index is 0.332. The zero-order valence-electron chi connectivity index (χ0n) is 13.5. The molecule has 2 N–H and O–H groups in total. The molecule has 6 heteroatoms. The van der Waals surface area contributed by atoms with Crippen LogP contribution in [0.5, 0.6) is 0 Å². The van der Waals surface area contributed by atoms with Gasteiger partial charge in [0, 0.05) is 52.3 Å². The highest BCUT2D eigenvalue weighted by Gasteiger charge is 2.15. The number of nitrogens with one attached hydrogen (secondary N) is 2. The number of nitrogens with zero attached hydrogens (tertiary/aromatic N) is 3. The average Bonchev–Trinajstić information content (AvgIpc) is 3.19. The van der Waals surface area contributed by atoms with E-state index in [0.29, 0.717) is 6.10 Å². The predicted octanol–water partition coefficient (Wildman–Crippen LogP) is 1.11. The second-order valence-electron chi connectivity index (χ2n) is 6.06. The fourth-order valence-corrected chi connectivity index (χ4v) is 3.14. The summed E-state index contributed by atoms with van der Waals surface area (Å²) < 4.78 is 7.92. The molecule has 0 amide bonds. The van der Waals surface area contributed by atoms with Crippen molar-refractivity contribution in [2.75, 3.05) is 26.7 Å². The Morgan fingerprint density at radius 1 is 1.41 bits per heavy atom. The Morgan fingerprint density at radius 2 is 2.36 bits per heavy atom. The van der Waals surface area contributed by atoms with Crippen molar-refractivity contribution in [3.05, 3.63) is 17.7 Å². The van der Waals surface area contributed by atoms with E-state index in [9.17, 15) is 0 Å². The molecule has 0 aliphatic carbocycles. The largest absolute Gasteiger partial charge is 0.376 e. The fraction of sp³-hybridized carbons (Fsp3) is 0.750. The molecule has 22 heavy (non-hydrogen) atoms. The first-order chi connectivity index (χ1) is 10.8. The molecular formula is C16H27N5O. The van der Waals surface area contributed by atoms with E-state index < -0.39 is 0 Å². The predicted molar refractivity (Wildman–Crippen MR) is 87.2 cm³/mol. The molecule has 1 aromatic heterocycles. The van der Waals surface area contributed by atoms with Crippen LogP contribution in [0.3, 0.4) is 0 Å². The first-order valence-corrected chi connectivity index (χ1v) is 8.46. The molecule has 0 radical (unpaired) electrons. The third-order valence-corrected chi connectivity index (χ3v) is 4.38. The van der Waals surface area contributed by atoms with E-state index in [1.165, 1.54) is 30.8 Å². The van der Waals surface area contributed by atoms with Gasteiger partial charge in [-0.1, -0.05) is 0 Å². The van der Waals surface area contributed by atoms with Gasteiger partial charge in [-0.05, 0) is 25.7 Å². The maximum Gasteiger partial charge on any atom is 0.191 e. The van der Waals surface area contributed by atoms with Crippen LogP contribution in [0.4, 0.5) is 0 Å². The average molecular weight is 305 g/mol. The molecule has 1 atom stereocenters. The van der Waals surface area contributed by atoms with E-state index in [-0.39, 0.29) is 0 Å².